The van der Waals surface area contributed by atoms with Gasteiger partial charge in [-0.3, -0.25) is 0 Å². The Morgan fingerprint density at radius 2 is 1.56 bits per heavy atom. The van der Waals surface area contributed by atoms with Crippen molar-refractivity contribution in [3.8, 4) is 28.7 Å². The summed E-state index contributed by atoms with van der Waals surface area (Å²) in [5, 5.41) is 50.5. The Hall–Kier alpha value is -2.45. The maximum atomic E-state index is 9.67. The van der Waals surface area contributed by atoms with Crippen molar-refractivity contribution in [2.24, 2.45) is 0 Å². The number of hydrogen-bond acceptors (Lipinski definition) is 6. The second-order valence-corrected chi connectivity index (χ2v) is 6.65. The van der Waals surface area contributed by atoms with E-state index in [4.69, 9.17) is 12.2 Å². The summed E-state index contributed by atoms with van der Waals surface area (Å²) < 4.78 is 0.365. The second kappa shape index (κ2) is 7.62. The highest BCUT2D eigenvalue weighted by Crippen LogP contribution is 2.36. The van der Waals surface area contributed by atoms with Crippen molar-refractivity contribution in [2.75, 3.05) is 0 Å². The van der Waals surface area contributed by atoms with Gasteiger partial charge in [-0.2, -0.15) is 0 Å². The first-order chi connectivity index (χ1) is 11.7. The zero-order chi connectivity index (χ0) is 18.7. The van der Waals surface area contributed by atoms with Crippen LogP contribution in [0.2, 0.25) is 0 Å². The predicted molar refractivity (Wildman–Crippen MR) is 102 cm³/mol. The van der Waals surface area contributed by atoms with E-state index in [-0.39, 0.29) is 18.0 Å². The molecule has 2 aromatic carbocycles. The number of benzene rings is 2. The van der Waals surface area contributed by atoms with Crippen LogP contribution in [0, 0.1) is 0 Å². The number of rotatable bonds is 4. The summed E-state index contributed by atoms with van der Waals surface area (Å²) in [5.41, 5.74) is 1.96. The Morgan fingerprint density at radius 1 is 1.00 bits per heavy atom. The number of aromatic hydroxyl groups is 5. The third kappa shape index (κ3) is 4.55. The van der Waals surface area contributed by atoms with Gasteiger partial charge < -0.3 is 30.8 Å². The van der Waals surface area contributed by atoms with Crippen LogP contribution < -0.4 is 5.32 Å². The van der Waals surface area contributed by atoms with Gasteiger partial charge in [-0.25, -0.2) is 0 Å². The van der Waals surface area contributed by atoms with E-state index >= 15 is 0 Å². The molecule has 0 fully saturated rings. The number of thiocarbonyl (C=S) groups is 1. The molecule has 8 heteroatoms. The summed E-state index contributed by atoms with van der Waals surface area (Å²) in [7, 11) is 0. The van der Waals surface area contributed by atoms with Gasteiger partial charge in [0, 0.05) is 6.54 Å². The fraction of sp³-hybridized carbons (Fsp3) is 0.118. The van der Waals surface area contributed by atoms with E-state index in [2.05, 4.69) is 21.2 Å². The highest BCUT2D eigenvalue weighted by molar-refractivity contribution is 9.10. The van der Waals surface area contributed by atoms with Gasteiger partial charge in [-0.05, 0) is 69.9 Å². The van der Waals surface area contributed by atoms with Crippen molar-refractivity contribution < 1.29 is 25.5 Å². The van der Waals surface area contributed by atoms with E-state index in [0.29, 0.717) is 20.6 Å². The number of phenolic OH excluding ortho intramolecular Hbond substituents is 5. The van der Waals surface area contributed by atoms with E-state index < -0.39 is 17.2 Å². The molecule has 0 unspecified atom stereocenters. The predicted octanol–water partition coefficient (Wildman–Crippen LogP) is 3.50. The van der Waals surface area contributed by atoms with E-state index in [1.807, 2.05) is 0 Å². The molecule has 0 aliphatic carbocycles. The molecule has 0 saturated heterocycles. The first kappa shape index (κ1) is 18.9. The zero-order valence-electron chi connectivity index (χ0n) is 13.1. The topological polar surface area (TPSA) is 113 Å². The van der Waals surface area contributed by atoms with E-state index in [1.165, 1.54) is 18.2 Å². The molecule has 132 valence electrons. The van der Waals surface area contributed by atoms with Crippen LogP contribution in [0.25, 0.3) is 5.57 Å². The summed E-state index contributed by atoms with van der Waals surface area (Å²) in [4.78, 5) is 0.397. The maximum absolute atomic E-state index is 9.67. The molecule has 0 amide bonds. The zero-order valence-corrected chi connectivity index (χ0v) is 15.5. The summed E-state index contributed by atoms with van der Waals surface area (Å²) >= 11 is 8.39. The van der Waals surface area contributed by atoms with Crippen LogP contribution in [0.3, 0.4) is 0 Å². The molecule has 0 bridgehead atoms. The molecule has 0 radical (unpaired) electrons. The molecule has 2 rings (SSSR count). The highest BCUT2D eigenvalue weighted by Gasteiger charge is 2.10. The van der Waals surface area contributed by atoms with E-state index in [1.54, 1.807) is 19.1 Å². The van der Waals surface area contributed by atoms with Crippen molar-refractivity contribution in [1.82, 2.24) is 5.32 Å². The lowest BCUT2D eigenvalue weighted by atomic mass is 10.1. The molecule has 6 N–H and O–H groups in total. The monoisotopic (exact) mass is 425 g/mol. The molecule has 0 atom stereocenters. The smallest absolute Gasteiger partial charge is 0.200 e. The van der Waals surface area contributed by atoms with Crippen LogP contribution in [0.4, 0.5) is 0 Å². The largest absolute Gasteiger partial charge is 0.504 e. The highest BCUT2D eigenvalue weighted by atomic mass is 79.9. The van der Waals surface area contributed by atoms with Crippen molar-refractivity contribution in [1.29, 1.82) is 0 Å². The molecule has 6 nitrogen and oxygen atoms in total. The molecule has 0 heterocycles. The fourth-order valence-corrected chi connectivity index (χ4v) is 2.79. The average Bonchev–Trinajstić information content (AvgIpc) is 2.54. The third-order valence-corrected chi connectivity index (χ3v) is 4.31. The Labute approximate surface area is 157 Å². The van der Waals surface area contributed by atoms with Crippen molar-refractivity contribution >= 4 is 38.7 Å². The summed E-state index contributed by atoms with van der Waals surface area (Å²) in [6.07, 6.45) is 1.67. The van der Waals surface area contributed by atoms with Gasteiger partial charge in [-0.15, -0.1) is 0 Å². The first-order valence-electron chi connectivity index (χ1n) is 7.10. The van der Waals surface area contributed by atoms with Crippen LogP contribution in [0.15, 0.2) is 34.8 Å². The van der Waals surface area contributed by atoms with Gasteiger partial charge in [0.15, 0.2) is 28.7 Å². The van der Waals surface area contributed by atoms with Gasteiger partial charge in [0.05, 0.1) is 9.46 Å². The molecule has 0 aliphatic rings. The molecular weight excluding hydrogens is 410 g/mol. The van der Waals surface area contributed by atoms with E-state index in [9.17, 15) is 25.5 Å². The quantitative estimate of drug-likeness (QED) is 0.252. The van der Waals surface area contributed by atoms with Crippen molar-refractivity contribution in [2.45, 2.75) is 13.5 Å². The van der Waals surface area contributed by atoms with Gasteiger partial charge in [0.1, 0.15) is 0 Å². The van der Waals surface area contributed by atoms with Gasteiger partial charge in [-0.1, -0.05) is 12.2 Å². The summed E-state index contributed by atoms with van der Waals surface area (Å²) in [6.45, 7) is 2.03. The Bertz CT molecular complexity index is 820. The van der Waals surface area contributed by atoms with Crippen LogP contribution in [0.5, 0.6) is 28.7 Å². The molecule has 2 aromatic rings. The lowest BCUT2D eigenvalue weighted by Gasteiger charge is -2.10. The SMILES string of the molecule is C/C(=C\C(=S)NCc1cc(O)c(O)c(O)c1)c1cc(O)c(O)c(Br)c1. The lowest BCUT2D eigenvalue weighted by Crippen LogP contribution is -2.18. The molecule has 0 saturated carbocycles. The average molecular weight is 426 g/mol. The molecule has 0 spiro atoms. The minimum atomic E-state index is -0.570. The standard InChI is InChI=1S/C17H16BrNO5S/c1-8(10-5-11(18)16(23)14(22)6-10)2-15(25)19-7-9-3-12(20)17(24)13(21)4-9/h2-6,20-24H,7H2,1H3,(H,19,25)/b8-2+. The summed E-state index contributed by atoms with van der Waals surface area (Å²) in [6, 6.07) is 5.71. The lowest BCUT2D eigenvalue weighted by molar-refractivity contribution is 0.367. The third-order valence-electron chi connectivity index (χ3n) is 3.44. The first-order valence-corrected chi connectivity index (χ1v) is 8.31. The van der Waals surface area contributed by atoms with Crippen LogP contribution in [-0.4, -0.2) is 30.5 Å². The van der Waals surface area contributed by atoms with E-state index in [0.717, 1.165) is 5.57 Å². The number of allylic oxidation sites excluding steroid dienone is 1. The van der Waals surface area contributed by atoms with Gasteiger partial charge >= 0.3 is 0 Å². The number of phenols is 5. The van der Waals surface area contributed by atoms with Crippen LogP contribution in [0.1, 0.15) is 18.1 Å². The Kier molecular flexibility index (Phi) is 5.76. The maximum Gasteiger partial charge on any atom is 0.200 e. The Morgan fingerprint density at radius 3 is 2.12 bits per heavy atom. The molecular formula is C17H16BrNO5S. The fourth-order valence-electron chi connectivity index (χ4n) is 2.10. The minimum absolute atomic E-state index is 0.231. The number of halogens is 1. The van der Waals surface area contributed by atoms with Crippen molar-refractivity contribution in [3.05, 3.63) is 45.9 Å². The van der Waals surface area contributed by atoms with Gasteiger partial charge in [0.2, 0.25) is 0 Å². The molecule has 25 heavy (non-hydrogen) atoms. The normalized spacial score (nSPS) is 11.4. The number of hydrogen-bond donors (Lipinski definition) is 6. The molecule has 0 aliphatic heterocycles. The van der Waals surface area contributed by atoms with Crippen LogP contribution in [-0.2, 0) is 6.54 Å². The Balaban J connectivity index is 2.10. The minimum Gasteiger partial charge on any atom is -0.504 e. The van der Waals surface area contributed by atoms with Gasteiger partial charge in [0.25, 0.3) is 0 Å². The van der Waals surface area contributed by atoms with Crippen LogP contribution >= 0.6 is 28.1 Å². The van der Waals surface area contributed by atoms with Crippen molar-refractivity contribution in [3.63, 3.8) is 0 Å². The summed E-state index contributed by atoms with van der Waals surface area (Å²) in [5.74, 6) is -1.88. The number of nitrogens with one attached hydrogen (secondary N) is 1. The molecule has 0 aromatic heterocycles. The second-order valence-electron chi connectivity index (χ2n) is 5.35.